The van der Waals surface area contributed by atoms with E-state index >= 15 is 0 Å². The minimum atomic E-state index is 0. The van der Waals surface area contributed by atoms with Crippen LogP contribution < -0.4 is 0 Å². The third-order valence-corrected chi connectivity index (χ3v) is 2.07. The first-order valence-electron chi connectivity index (χ1n) is 4.73. The molecule has 68 valence electrons. The maximum absolute atomic E-state index is 2.12. The molecule has 0 amide bonds. The van der Waals surface area contributed by atoms with Crippen molar-refractivity contribution in [2.75, 3.05) is 0 Å². The second-order valence-electron chi connectivity index (χ2n) is 3.15. The molecule has 0 bridgehead atoms. The fraction of sp³-hybridized carbons (Fsp3) is 0. The van der Waals surface area contributed by atoms with Gasteiger partial charge >= 0.3 is 1.43 Å². The van der Waals surface area contributed by atoms with Crippen LogP contribution in [0.25, 0.3) is 12.2 Å². The van der Waals surface area contributed by atoms with Crippen molar-refractivity contribution in [1.82, 2.24) is 0 Å². The number of hydrogen-bond donors (Lipinski definition) is 0. The highest BCUT2D eigenvalue weighted by Gasteiger charge is 1.84. The molecule has 0 unspecified atom stereocenters. The van der Waals surface area contributed by atoms with E-state index in [1.165, 1.54) is 11.1 Å². The summed E-state index contributed by atoms with van der Waals surface area (Å²) in [7, 11) is 0. The van der Waals surface area contributed by atoms with Gasteiger partial charge in [-0.2, -0.15) is 0 Å². The number of hydrogen-bond acceptors (Lipinski definition) is 0. The van der Waals surface area contributed by atoms with Crippen LogP contribution in [0.1, 0.15) is 12.6 Å². The van der Waals surface area contributed by atoms with Crippen LogP contribution in [0.4, 0.5) is 0 Å². The summed E-state index contributed by atoms with van der Waals surface area (Å²) in [5.74, 6) is 0. The van der Waals surface area contributed by atoms with Gasteiger partial charge in [0.1, 0.15) is 0 Å². The average Bonchev–Trinajstić information content (AvgIpc) is 2.29. The summed E-state index contributed by atoms with van der Waals surface area (Å²) in [6.45, 7) is 0. The molecule has 0 heteroatoms. The van der Waals surface area contributed by atoms with Gasteiger partial charge in [-0.3, -0.25) is 0 Å². The Kier molecular flexibility index (Phi) is 2.77. The Morgan fingerprint density at radius 2 is 0.929 bits per heavy atom. The molecule has 14 heavy (non-hydrogen) atoms. The van der Waals surface area contributed by atoms with E-state index in [1.54, 1.807) is 0 Å². The molecule has 0 saturated heterocycles. The van der Waals surface area contributed by atoms with E-state index in [2.05, 4.69) is 36.4 Å². The maximum atomic E-state index is 2.12. The molecule has 0 aromatic heterocycles. The summed E-state index contributed by atoms with van der Waals surface area (Å²) >= 11 is 0. The quantitative estimate of drug-likeness (QED) is 0.615. The van der Waals surface area contributed by atoms with Gasteiger partial charge in [0, 0.05) is 0 Å². The van der Waals surface area contributed by atoms with E-state index in [1.807, 2.05) is 36.4 Å². The Morgan fingerprint density at radius 3 is 1.29 bits per heavy atom. The highest BCUT2D eigenvalue weighted by molar-refractivity contribution is 5.69. The van der Waals surface area contributed by atoms with Crippen LogP contribution in [-0.4, -0.2) is 0 Å². The highest BCUT2D eigenvalue weighted by Crippen LogP contribution is 2.06. The molecule has 0 heterocycles. The fourth-order valence-electron chi connectivity index (χ4n) is 1.32. The van der Waals surface area contributed by atoms with Crippen molar-refractivity contribution in [1.29, 1.82) is 0 Å². The zero-order valence-corrected chi connectivity index (χ0v) is 7.93. The van der Waals surface area contributed by atoms with Crippen molar-refractivity contribution in [3.8, 4) is 0 Å². The normalized spacial score (nSPS) is 10.6. The second kappa shape index (κ2) is 4.43. The molecule has 0 aliphatic rings. The van der Waals surface area contributed by atoms with Crippen molar-refractivity contribution in [2.45, 2.75) is 0 Å². The van der Waals surface area contributed by atoms with Gasteiger partial charge in [0.15, 0.2) is 0 Å². The molecule has 0 saturated carbocycles. The summed E-state index contributed by atoms with van der Waals surface area (Å²) in [6, 6.07) is 20.6. The van der Waals surface area contributed by atoms with E-state index in [0.29, 0.717) is 0 Å². The third kappa shape index (κ3) is 2.33. The summed E-state index contributed by atoms with van der Waals surface area (Å²) < 4.78 is 0. The smallest absolute Gasteiger partial charge is 0.0622 e. The zero-order valence-electron chi connectivity index (χ0n) is 8.93. The molecule has 2 rings (SSSR count). The van der Waals surface area contributed by atoms with Crippen molar-refractivity contribution < 1.29 is 1.43 Å². The Morgan fingerprint density at radius 1 is 0.571 bits per heavy atom. The van der Waals surface area contributed by atoms with Crippen LogP contribution in [0, 0.1) is 0 Å². The summed E-state index contributed by atoms with van der Waals surface area (Å²) in [4.78, 5) is 0. The van der Waals surface area contributed by atoms with E-state index in [-0.39, 0.29) is 1.43 Å². The van der Waals surface area contributed by atoms with Gasteiger partial charge in [0.25, 0.3) is 0 Å². The Balaban J connectivity index is 0.00000112. The van der Waals surface area contributed by atoms with Crippen LogP contribution in [0.5, 0.6) is 0 Å². The van der Waals surface area contributed by atoms with Gasteiger partial charge in [-0.15, -0.1) is 0 Å². The lowest BCUT2D eigenvalue weighted by atomic mass is 10.1. The van der Waals surface area contributed by atoms with E-state index in [4.69, 9.17) is 0 Å². The van der Waals surface area contributed by atoms with Gasteiger partial charge in [-0.1, -0.05) is 72.8 Å². The Bertz CT molecular complexity index is 362. The first kappa shape index (κ1) is 8.76. The average molecular weight is 181 g/mol. The lowest BCUT2D eigenvalue weighted by Crippen LogP contribution is -1.70. The van der Waals surface area contributed by atoms with E-state index < -0.39 is 0 Å². The minimum absolute atomic E-state index is 0. The topological polar surface area (TPSA) is 0 Å². The van der Waals surface area contributed by atoms with Crippen LogP contribution >= 0.6 is 0 Å². The minimum Gasteiger partial charge on any atom is -0.0622 e. The maximum Gasteiger partial charge on any atom is 1.00 e. The zero-order chi connectivity index (χ0) is 9.64. The highest BCUT2D eigenvalue weighted by atomic mass is 13.9. The van der Waals surface area contributed by atoms with Gasteiger partial charge in [0.05, 0.1) is 0 Å². The van der Waals surface area contributed by atoms with Gasteiger partial charge in [0.2, 0.25) is 0 Å². The van der Waals surface area contributed by atoms with Gasteiger partial charge in [-0.05, 0) is 11.1 Å². The number of rotatable bonds is 2. The fourth-order valence-corrected chi connectivity index (χ4v) is 1.32. The first-order chi connectivity index (χ1) is 6.95. The van der Waals surface area contributed by atoms with E-state index in [9.17, 15) is 0 Å². The van der Waals surface area contributed by atoms with Crippen molar-refractivity contribution in [2.24, 2.45) is 0 Å². The lowest BCUT2D eigenvalue weighted by molar-refractivity contribution is 1.65. The molecule has 0 N–H and O–H groups in total. The van der Waals surface area contributed by atoms with Crippen LogP contribution in [0.15, 0.2) is 60.7 Å². The first-order valence-corrected chi connectivity index (χ1v) is 4.73. The molecule has 0 fully saturated rings. The molecule has 0 nitrogen and oxygen atoms in total. The summed E-state index contributed by atoms with van der Waals surface area (Å²) in [6.07, 6.45) is 4.24. The molecule has 0 radical (unpaired) electrons. The predicted octanol–water partition coefficient (Wildman–Crippen LogP) is 3.97. The molecule has 0 spiro atoms. The molecule has 0 aliphatic heterocycles. The molecule has 2 aromatic carbocycles. The summed E-state index contributed by atoms with van der Waals surface area (Å²) in [5, 5.41) is 0. The van der Waals surface area contributed by atoms with Gasteiger partial charge in [-0.25, -0.2) is 0 Å². The van der Waals surface area contributed by atoms with Crippen LogP contribution in [0.2, 0.25) is 0 Å². The second-order valence-corrected chi connectivity index (χ2v) is 3.15. The Labute approximate surface area is 86.0 Å². The van der Waals surface area contributed by atoms with Crippen molar-refractivity contribution in [3.63, 3.8) is 0 Å². The third-order valence-electron chi connectivity index (χ3n) is 2.07. The van der Waals surface area contributed by atoms with Crippen molar-refractivity contribution >= 4 is 12.2 Å². The summed E-state index contributed by atoms with van der Waals surface area (Å²) in [5.41, 5.74) is 2.47. The lowest BCUT2D eigenvalue weighted by Gasteiger charge is -1.92. The van der Waals surface area contributed by atoms with Crippen LogP contribution in [0.3, 0.4) is 0 Å². The molecular weight excluding hydrogens is 168 g/mol. The van der Waals surface area contributed by atoms with E-state index in [0.717, 1.165) is 0 Å². The molecule has 2 aromatic rings. The molecular formula is C14H13+. The van der Waals surface area contributed by atoms with Crippen molar-refractivity contribution in [3.05, 3.63) is 71.8 Å². The Hall–Kier alpha value is -1.82. The monoisotopic (exact) mass is 181 g/mol. The predicted molar refractivity (Wildman–Crippen MR) is 62.9 cm³/mol. The number of benzene rings is 2. The molecule has 0 aliphatic carbocycles. The largest absolute Gasteiger partial charge is 1.00 e. The van der Waals surface area contributed by atoms with Crippen LogP contribution in [-0.2, 0) is 0 Å². The van der Waals surface area contributed by atoms with Gasteiger partial charge < -0.3 is 0 Å². The SMILES string of the molecule is C(=Cc1ccccc1)c1ccccc1.[H+]. The molecule has 0 atom stereocenters. The standard InChI is InChI=1S/C14H12/c1-3-7-13(8-4-1)11-12-14-9-5-2-6-10-14/h1-12H/p+1.